The van der Waals surface area contributed by atoms with Crippen LogP contribution in [0.1, 0.15) is 38.8 Å². The van der Waals surface area contributed by atoms with Crippen LogP contribution in [0.3, 0.4) is 0 Å². The highest BCUT2D eigenvalue weighted by Crippen LogP contribution is 2.17. The lowest BCUT2D eigenvalue weighted by Crippen LogP contribution is -2.40. The van der Waals surface area contributed by atoms with Gasteiger partial charge in [-0.15, -0.1) is 0 Å². The van der Waals surface area contributed by atoms with Crippen molar-refractivity contribution in [1.82, 2.24) is 10.2 Å². The lowest BCUT2D eigenvalue weighted by Gasteiger charge is -2.23. The lowest BCUT2D eigenvalue weighted by atomic mass is 9.93. The molecule has 1 amide bonds. The van der Waals surface area contributed by atoms with Crippen LogP contribution in [-0.4, -0.2) is 43.5 Å². The minimum absolute atomic E-state index is 0.0357. The van der Waals surface area contributed by atoms with Crippen LogP contribution in [0.5, 0.6) is 0 Å². The van der Waals surface area contributed by atoms with Crippen molar-refractivity contribution >= 4 is 5.91 Å². The summed E-state index contributed by atoms with van der Waals surface area (Å²) in [4.78, 5) is 14.6. The van der Waals surface area contributed by atoms with Gasteiger partial charge in [0.15, 0.2) is 0 Å². The number of ether oxygens (including phenoxy) is 1. The first-order chi connectivity index (χ1) is 11.8. The predicted molar refractivity (Wildman–Crippen MR) is 95.5 cm³/mol. The van der Waals surface area contributed by atoms with E-state index in [1.165, 1.54) is 5.56 Å². The molecule has 0 aliphatic heterocycles. The Morgan fingerprint density at radius 3 is 2.24 bits per heavy atom. The normalized spacial score (nSPS) is 12.0. The minimum Gasteiger partial charge on any atom is -0.374 e. The Labute approximate surface area is 149 Å². The largest absolute Gasteiger partial charge is 0.374 e. The number of carbonyl (C=O) groups excluding carboxylic acids is 1. The van der Waals surface area contributed by atoms with Crippen molar-refractivity contribution in [2.45, 2.75) is 47.2 Å². The monoisotopic (exact) mass is 356 g/mol. The molecule has 25 heavy (non-hydrogen) atoms. The molecule has 0 fully saturated rings. The van der Waals surface area contributed by atoms with Gasteiger partial charge in [-0.25, -0.2) is 8.78 Å². The summed E-state index contributed by atoms with van der Waals surface area (Å²) < 4.78 is 29.1. The maximum atomic E-state index is 12.2. The zero-order valence-electron chi connectivity index (χ0n) is 15.6. The Bertz CT molecular complexity index is 515. The Balaban J connectivity index is 2.47. The second kappa shape index (κ2) is 10.5. The second-order valence-electron chi connectivity index (χ2n) is 6.75. The fraction of sp³-hybridized carbons (Fsp3) is 0.632. The molecule has 6 heteroatoms. The molecular weight excluding hydrogens is 326 g/mol. The molecule has 1 N–H and O–H groups in total. The van der Waals surface area contributed by atoms with Crippen LogP contribution in [0.25, 0.3) is 0 Å². The van der Waals surface area contributed by atoms with Gasteiger partial charge >= 0.3 is 0 Å². The van der Waals surface area contributed by atoms with Gasteiger partial charge in [0.25, 0.3) is 6.43 Å². The summed E-state index contributed by atoms with van der Waals surface area (Å²) in [6.07, 6.45) is -2.52. The van der Waals surface area contributed by atoms with E-state index in [9.17, 15) is 13.6 Å². The number of amides is 1. The van der Waals surface area contributed by atoms with E-state index in [1.54, 1.807) is 13.8 Å². The summed E-state index contributed by atoms with van der Waals surface area (Å²) in [6, 6.07) is 8.13. The number of halogens is 2. The van der Waals surface area contributed by atoms with Crippen molar-refractivity contribution in [2.75, 3.05) is 26.3 Å². The van der Waals surface area contributed by atoms with Crippen molar-refractivity contribution < 1.29 is 18.3 Å². The molecule has 0 unspecified atom stereocenters. The van der Waals surface area contributed by atoms with Crippen LogP contribution >= 0.6 is 0 Å². The number of carbonyl (C=O) groups is 1. The molecule has 0 heterocycles. The van der Waals surface area contributed by atoms with Crippen LogP contribution in [-0.2, 0) is 22.6 Å². The molecule has 1 aromatic carbocycles. The van der Waals surface area contributed by atoms with Crippen molar-refractivity contribution in [3.8, 4) is 0 Å². The van der Waals surface area contributed by atoms with Gasteiger partial charge < -0.3 is 10.1 Å². The van der Waals surface area contributed by atoms with E-state index in [4.69, 9.17) is 4.74 Å². The SMILES string of the molecule is CCN(CC)Cc1ccc(CNC(=O)C(C)(C)COCC(F)F)cc1. The van der Waals surface area contributed by atoms with Crippen LogP contribution in [0.2, 0.25) is 0 Å². The van der Waals surface area contributed by atoms with Crippen molar-refractivity contribution in [3.63, 3.8) is 0 Å². The molecule has 0 aliphatic rings. The molecule has 0 spiro atoms. The smallest absolute Gasteiger partial charge is 0.261 e. The van der Waals surface area contributed by atoms with E-state index in [2.05, 4.69) is 36.2 Å². The van der Waals surface area contributed by atoms with Gasteiger partial charge in [0.05, 0.1) is 12.0 Å². The van der Waals surface area contributed by atoms with E-state index in [1.807, 2.05) is 12.1 Å². The quantitative estimate of drug-likeness (QED) is 0.660. The number of hydrogen-bond donors (Lipinski definition) is 1. The highest BCUT2D eigenvalue weighted by molar-refractivity contribution is 5.81. The standard InChI is InChI=1S/C19H30F2N2O2/c1-5-23(6-2)12-16-9-7-15(8-10-16)11-22-18(24)19(3,4)14-25-13-17(20)21/h7-10,17H,5-6,11-14H2,1-4H3,(H,22,24). The van der Waals surface area contributed by atoms with Gasteiger partial charge in [-0.1, -0.05) is 38.1 Å². The summed E-state index contributed by atoms with van der Waals surface area (Å²) in [6.45, 7) is 10.3. The Morgan fingerprint density at radius 2 is 1.72 bits per heavy atom. The van der Waals surface area contributed by atoms with Crippen molar-refractivity contribution in [1.29, 1.82) is 0 Å². The molecule has 0 aliphatic carbocycles. The maximum Gasteiger partial charge on any atom is 0.261 e. The van der Waals surface area contributed by atoms with Crippen LogP contribution in [0.15, 0.2) is 24.3 Å². The average Bonchev–Trinajstić information content (AvgIpc) is 2.58. The van der Waals surface area contributed by atoms with E-state index >= 15 is 0 Å². The van der Waals surface area contributed by atoms with Crippen LogP contribution in [0, 0.1) is 5.41 Å². The fourth-order valence-electron chi connectivity index (χ4n) is 2.36. The lowest BCUT2D eigenvalue weighted by molar-refractivity contribution is -0.133. The average molecular weight is 356 g/mol. The topological polar surface area (TPSA) is 41.6 Å². The molecule has 1 aromatic rings. The van der Waals surface area contributed by atoms with Gasteiger partial charge in [0.1, 0.15) is 6.61 Å². The summed E-state index contributed by atoms with van der Waals surface area (Å²) >= 11 is 0. The Morgan fingerprint density at radius 1 is 1.16 bits per heavy atom. The molecule has 0 atom stereocenters. The third-order valence-electron chi connectivity index (χ3n) is 4.10. The third-order valence-corrected chi connectivity index (χ3v) is 4.10. The highest BCUT2D eigenvalue weighted by atomic mass is 19.3. The summed E-state index contributed by atoms with van der Waals surface area (Å²) in [7, 11) is 0. The molecule has 0 saturated heterocycles. The van der Waals surface area contributed by atoms with Gasteiger partial charge in [-0.3, -0.25) is 9.69 Å². The zero-order valence-corrected chi connectivity index (χ0v) is 15.6. The highest BCUT2D eigenvalue weighted by Gasteiger charge is 2.28. The molecule has 0 radical (unpaired) electrons. The molecule has 4 nitrogen and oxygen atoms in total. The minimum atomic E-state index is -2.52. The molecular formula is C19H30F2N2O2. The van der Waals surface area contributed by atoms with Crippen LogP contribution in [0.4, 0.5) is 8.78 Å². The first kappa shape index (κ1) is 21.5. The number of benzene rings is 1. The van der Waals surface area contributed by atoms with E-state index < -0.39 is 18.4 Å². The Hall–Kier alpha value is -1.53. The molecule has 1 rings (SSSR count). The van der Waals surface area contributed by atoms with Gasteiger partial charge in [-0.2, -0.15) is 0 Å². The van der Waals surface area contributed by atoms with E-state index in [-0.39, 0.29) is 12.5 Å². The van der Waals surface area contributed by atoms with Gasteiger partial charge in [0, 0.05) is 13.1 Å². The van der Waals surface area contributed by atoms with Gasteiger partial charge in [0.2, 0.25) is 5.91 Å². The number of hydrogen-bond acceptors (Lipinski definition) is 3. The first-order valence-corrected chi connectivity index (χ1v) is 8.72. The second-order valence-corrected chi connectivity index (χ2v) is 6.75. The maximum absolute atomic E-state index is 12.2. The van der Waals surface area contributed by atoms with E-state index in [0.29, 0.717) is 6.54 Å². The number of alkyl halides is 2. The molecule has 0 saturated carbocycles. The number of nitrogens with zero attached hydrogens (tertiary/aromatic N) is 1. The summed E-state index contributed by atoms with van der Waals surface area (Å²) in [5.41, 5.74) is 1.39. The first-order valence-electron chi connectivity index (χ1n) is 8.72. The van der Waals surface area contributed by atoms with Crippen molar-refractivity contribution in [2.24, 2.45) is 5.41 Å². The zero-order chi connectivity index (χ0) is 18.9. The van der Waals surface area contributed by atoms with Crippen molar-refractivity contribution in [3.05, 3.63) is 35.4 Å². The van der Waals surface area contributed by atoms with Gasteiger partial charge in [-0.05, 0) is 38.1 Å². The summed E-state index contributed by atoms with van der Waals surface area (Å²) in [5, 5.41) is 2.84. The predicted octanol–water partition coefficient (Wildman–Crippen LogP) is 3.45. The molecule has 142 valence electrons. The Kier molecular flexibility index (Phi) is 9.00. The number of rotatable bonds is 11. The number of nitrogens with one attached hydrogen (secondary N) is 1. The molecule has 0 aromatic heterocycles. The molecule has 0 bridgehead atoms. The summed E-state index contributed by atoms with van der Waals surface area (Å²) in [5.74, 6) is -0.214. The fourth-order valence-corrected chi connectivity index (χ4v) is 2.36. The van der Waals surface area contributed by atoms with E-state index in [0.717, 1.165) is 25.2 Å². The van der Waals surface area contributed by atoms with Crippen LogP contribution < -0.4 is 5.32 Å². The third kappa shape index (κ3) is 7.92.